The highest BCUT2D eigenvalue weighted by Crippen LogP contribution is 2.38. The monoisotopic (exact) mass is 445 g/mol. The van der Waals surface area contributed by atoms with Gasteiger partial charge in [0, 0.05) is 44.5 Å². The number of ether oxygens (including phenoxy) is 3. The third-order valence-corrected chi connectivity index (χ3v) is 5.85. The summed E-state index contributed by atoms with van der Waals surface area (Å²) in [6.07, 6.45) is 9.42. The Bertz CT molecular complexity index is 859. The van der Waals surface area contributed by atoms with Gasteiger partial charge >= 0.3 is 0 Å². The highest BCUT2D eigenvalue weighted by atomic mass is 32.2. The largest absolute Gasteiger partial charge is 0.493 e. The number of amides is 1. The van der Waals surface area contributed by atoms with Crippen LogP contribution in [0.2, 0.25) is 0 Å². The predicted octanol–water partition coefficient (Wildman–Crippen LogP) is 4.76. The van der Waals surface area contributed by atoms with E-state index in [4.69, 9.17) is 14.2 Å². The summed E-state index contributed by atoms with van der Waals surface area (Å²) in [5.74, 6) is 2.72. The lowest BCUT2D eigenvalue weighted by Crippen LogP contribution is -2.36. The average Bonchev–Trinajstić information content (AvgIpc) is 2.79. The highest BCUT2D eigenvalue weighted by Gasteiger charge is 2.13. The van der Waals surface area contributed by atoms with E-state index in [1.807, 2.05) is 30.3 Å². The maximum absolute atomic E-state index is 11.6. The molecule has 2 aromatic rings. The number of thioether (sulfide) groups is 1. The van der Waals surface area contributed by atoms with Crippen molar-refractivity contribution in [3.63, 3.8) is 0 Å². The van der Waals surface area contributed by atoms with E-state index in [0.29, 0.717) is 17.2 Å². The van der Waals surface area contributed by atoms with Gasteiger partial charge in [0.1, 0.15) is 6.54 Å². The molecule has 0 atom stereocenters. The minimum absolute atomic E-state index is 0.122. The molecule has 0 saturated carbocycles. The molecule has 168 valence electrons. The molecule has 0 unspecified atom stereocenters. The van der Waals surface area contributed by atoms with Crippen molar-refractivity contribution >= 4 is 29.2 Å². The Labute approximate surface area is 189 Å². The van der Waals surface area contributed by atoms with Gasteiger partial charge in [0.2, 0.25) is 11.4 Å². The molecular weight excluding hydrogens is 412 g/mol. The van der Waals surface area contributed by atoms with E-state index in [1.54, 1.807) is 40.3 Å². The number of nitrogens with zero attached hydrogens (tertiary/aromatic N) is 2. The first kappa shape index (κ1) is 24.6. The van der Waals surface area contributed by atoms with Gasteiger partial charge < -0.3 is 19.1 Å². The quantitative estimate of drug-likeness (QED) is 0.369. The fraction of sp³-hybridized carbons (Fsp3) is 0.417. The number of aryl methyl sites for hydroxylation is 1. The third kappa shape index (κ3) is 7.51. The molecule has 31 heavy (non-hydrogen) atoms. The van der Waals surface area contributed by atoms with Crippen molar-refractivity contribution in [1.82, 2.24) is 4.90 Å². The second kappa shape index (κ2) is 12.9. The standard InChI is InChI=1S/C24H33N2O4S/c1-25(2)24(27)31-16-10-6-8-14-26-15-9-7-11-20(26)13-12-19-17-21(28-3)23(30-5)22(18-19)29-4/h7,9,11-13,15,17-18H,6,8,10,14,16H2,1-5H3/q+1/b13-12+. The fourth-order valence-electron chi connectivity index (χ4n) is 3.07. The van der Waals surface area contributed by atoms with Crippen molar-refractivity contribution < 1.29 is 23.6 Å². The fourth-order valence-corrected chi connectivity index (χ4v) is 3.85. The Kier molecular flexibility index (Phi) is 10.2. The third-order valence-electron chi connectivity index (χ3n) is 4.74. The van der Waals surface area contributed by atoms with E-state index in [9.17, 15) is 4.79 Å². The molecule has 0 bridgehead atoms. The molecule has 1 aromatic heterocycles. The second-order valence-corrected chi connectivity index (χ2v) is 8.23. The molecular formula is C24H33N2O4S+. The minimum atomic E-state index is 0.122. The van der Waals surface area contributed by atoms with Crippen molar-refractivity contribution in [3.8, 4) is 17.2 Å². The molecule has 0 fully saturated rings. The molecule has 0 saturated heterocycles. The van der Waals surface area contributed by atoms with Crippen LogP contribution in [0.4, 0.5) is 4.79 Å². The van der Waals surface area contributed by atoms with Crippen LogP contribution in [-0.2, 0) is 6.54 Å². The molecule has 0 radical (unpaired) electrons. The van der Waals surface area contributed by atoms with Crippen LogP contribution in [0.3, 0.4) is 0 Å². The molecule has 1 amide bonds. The van der Waals surface area contributed by atoms with Gasteiger partial charge in [-0.25, -0.2) is 0 Å². The molecule has 1 heterocycles. The SMILES string of the molecule is COc1cc(/C=C/c2cccc[n+]2CCCCCSC(=O)N(C)C)cc(OC)c1OC. The van der Waals surface area contributed by atoms with Gasteiger partial charge in [-0.3, -0.25) is 4.79 Å². The number of carbonyl (C=O) groups excluding carboxylic acids is 1. The second-order valence-electron chi connectivity index (χ2n) is 7.18. The predicted molar refractivity (Wildman–Crippen MR) is 127 cm³/mol. The summed E-state index contributed by atoms with van der Waals surface area (Å²) in [6, 6.07) is 10.0. The summed E-state index contributed by atoms with van der Waals surface area (Å²) in [5.41, 5.74) is 2.08. The number of benzene rings is 1. The number of rotatable bonds is 11. The van der Waals surface area contributed by atoms with Gasteiger partial charge in [-0.05, 0) is 42.7 Å². The van der Waals surface area contributed by atoms with Gasteiger partial charge in [0.25, 0.3) is 5.24 Å². The number of aromatic nitrogens is 1. The Hall–Kier alpha value is -2.67. The summed E-state index contributed by atoms with van der Waals surface area (Å²) in [4.78, 5) is 13.2. The first-order chi connectivity index (χ1) is 15.0. The smallest absolute Gasteiger partial charge is 0.281 e. The minimum Gasteiger partial charge on any atom is -0.493 e. The zero-order chi connectivity index (χ0) is 22.6. The zero-order valence-electron chi connectivity index (χ0n) is 19.1. The Balaban J connectivity index is 1.99. The Morgan fingerprint density at radius 1 is 1.00 bits per heavy atom. The molecule has 0 spiro atoms. The molecule has 0 aliphatic carbocycles. The summed E-state index contributed by atoms with van der Waals surface area (Å²) >= 11 is 1.39. The van der Waals surface area contributed by atoms with Crippen molar-refractivity contribution in [2.45, 2.75) is 25.8 Å². The van der Waals surface area contributed by atoms with Gasteiger partial charge in [0.05, 0.1) is 21.3 Å². The maximum Gasteiger partial charge on any atom is 0.281 e. The molecule has 6 nitrogen and oxygen atoms in total. The molecule has 2 rings (SSSR count). The lowest BCUT2D eigenvalue weighted by atomic mass is 10.1. The van der Waals surface area contributed by atoms with E-state index < -0.39 is 0 Å². The van der Waals surface area contributed by atoms with Crippen molar-refractivity contribution in [1.29, 1.82) is 0 Å². The summed E-state index contributed by atoms with van der Waals surface area (Å²) < 4.78 is 18.5. The van der Waals surface area contributed by atoms with Crippen LogP contribution < -0.4 is 18.8 Å². The van der Waals surface area contributed by atoms with E-state index >= 15 is 0 Å². The molecule has 1 aromatic carbocycles. The van der Waals surface area contributed by atoms with Crippen molar-refractivity contribution in [2.24, 2.45) is 0 Å². The number of unbranched alkanes of at least 4 members (excludes halogenated alkanes) is 2. The van der Waals surface area contributed by atoms with Crippen LogP contribution in [0.5, 0.6) is 17.2 Å². The Morgan fingerprint density at radius 3 is 2.32 bits per heavy atom. The van der Waals surface area contributed by atoms with Gasteiger partial charge in [-0.2, -0.15) is 4.57 Å². The van der Waals surface area contributed by atoms with Crippen LogP contribution in [-0.4, -0.2) is 51.3 Å². The summed E-state index contributed by atoms with van der Waals surface area (Å²) in [6.45, 7) is 0.933. The van der Waals surface area contributed by atoms with Gasteiger partial charge in [0.15, 0.2) is 17.7 Å². The van der Waals surface area contributed by atoms with Crippen molar-refractivity contribution in [3.05, 3.63) is 47.8 Å². The first-order valence-electron chi connectivity index (χ1n) is 10.3. The average molecular weight is 446 g/mol. The van der Waals surface area contributed by atoms with Gasteiger partial charge in [-0.1, -0.05) is 11.8 Å². The molecule has 0 aliphatic heterocycles. The Morgan fingerprint density at radius 2 is 1.71 bits per heavy atom. The lowest BCUT2D eigenvalue weighted by molar-refractivity contribution is -0.699. The number of hydrogen-bond donors (Lipinski definition) is 0. The first-order valence-corrected chi connectivity index (χ1v) is 11.3. The van der Waals surface area contributed by atoms with Crippen molar-refractivity contribution in [2.75, 3.05) is 41.2 Å². The molecule has 7 heteroatoms. The summed E-state index contributed by atoms with van der Waals surface area (Å²) in [7, 11) is 8.40. The number of carbonyl (C=O) groups is 1. The van der Waals surface area contributed by atoms with Gasteiger partial charge in [-0.15, -0.1) is 0 Å². The number of hydrogen-bond acceptors (Lipinski definition) is 5. The van der Waals surface area contributed by atoms with E-state index in [1.165, 1.54) is 11.8 Å². The highest BCUT2D eigenvalue weighted by molar-refractivity contribution is 8.13. The van der Waals surface area contributed by atoms with E-state index in [0.717, 1.165) is 42.8 Å². The van der Waals surface area contributed by atoms with Crippen LogP contribution in [0, 0.1) is 0 Å². The lowest BCUT2D eigenvalue weighted by Gasteiger charge is -2.12. The molecule has 0 N–H and O–H groups in total. The number of methoxy groups -OCH3 is 3. The number of pyridine rings is 1. The van der Waals surface area contributed by atoms with E-state index in [2.05, 4.69) is 22.9 Å². The molecule has 0 aliphatic rings. The normalized spacial score (nSPS) is 10.9. The van der Waals surface area contributed by atoms with Crippen LogP contribution in [0.1, 0.15) is 30.5 Å². The summed E-state index contributed by atoms with van der Waals surface area (Å²) in [5, 5.41) is 0.122. The van der Waals surface area contributed by atoms with Crippen LogP contribution >= 0.6 is 11.8 Å². The van der Waals surface area contributed by atoms with E-state index in [-0.39, 0.29) is 5.24 Å². The zero-order valence-corrected chi connectivity index (χ0v) is 19.9. The maximum atomic E-state index is 11.6. The van der Waals surface area contributed by atoms with Crippen LogP contribution in [0.25, 0.3) is 12.2 Å². The topological polar surface area (TPSA) is 51.9 Å². The van der Waals surface area contributed by atoms with Crippen LogP contribution in [0.15, 0.2) is 36.5 Å².